The molecule has 1 saturated carbocycles. The van der Waals surface area contributed by atoms with Crippen LogP contribution in [0.5, 0.6) is 0 Å². The maximum atomic E-state index is 15.5. The van der Waals surface area contributed by atoms with Crippen LogP contribution in [-0.4, -0.2) is 22.8 Å². The van der Waals surface area contributed by atoms with E-state index in [0.29, 0.717) is 11.4 Å². The quantitative estimate of drug-likeness (QED) is 0.270. The Morgan fingerprint density at radius 1 is 1.03 bits per heavy atom. The normalized spacial score (nSPS) is 15.0. The Kier molecular flexibility index (Phi) is 8.34. The molecule has 0 saturated heterocycles. The average Bonchev–Trinajstić information content (AvgIpc) is 3.25. The molecule has 0 N–H and O–H groups in total. The lowest BCUT2D eigenvalue weighted by Crippen LogP contribution is -2.15. The van der Waals surface area contributed by atoms with Gasteiger partial charge in [0.05, 0.1) is 34.6 Å². The standard InChI is InChI=1S/C25H27Cl2F2N2O3P/c1-3-33-35(32,34-4-2)25-23(17-13-14-20(28)19(27)15-17)31(21-12-8-11-18(26)22(21)29)24(30-25)16-9-6-5-7-10-16/h8,11-16H,3-7,9-10H2,1-2H3. The molecule has 0 aliphatic heterocycles. The highest BCUT2D eigenvalue weighted by atomic mass is 35.5. The van der Waals surface area contributed by atoms with E-state index in [9.17, 15) is 8.96 Å². The van der Waals surface area contributed by atoms with Crippen LogP contribution in [0.2, 0.25) is 10.0 Å². The molecule has 2 aromatic carbocycles. The molecule has 0 bridgehead atoms. The highest BCUT2D eigenvalue weighted by Crippen LogP contribution is 2.51. The summed E-state index contributed by atoms with van der Waals surface area (Å²) in [7, 11) is -3.93. The summed E-state index contributed by atoms with van der Waals surface area (Å²) in [6, 6.07) is 8.78. The van der Waals surface area contributed by atoms with Gasteiger partial charge in [-0.15, -0.1) is 0 Å². The predicted molar refractivity (Wildman–Crippen MR) is 135 cm³/mol. The summed E-state index contributed by atoms with van der Waals surface area (Å²) < 4.78 is 56.5. The largest absolute Gasteiger partial charge is 0.381 e. The molecule has 3 aromatic rings. The van der Waals surface area contributed by atoms with Crippen LogP contribution in [0.15, 0.2) is 36.4 Å². The van der Waals surface area contributed by atoms with E-state index in [4.69, 9.17) is 37.2 Å². The highest BCUT2D eigenvalue weighted by Gasteiger charge is 2.39. The van der Waals surface area contributed by atoms with E-state index in [-0.39, 0.29) is 46.0 Å². The summed E-state index contributed by atoms with van der Waals surface area (Å²) in [5.74, 6) is -0.729. The fraction of sp³-hybridized carbons (Fsp3) is 0.400. The van der Waals surface area contributed by atoms with Crippen molar-refractivity contribution in [3.8, 4) is 16.9 Å². The molecule has 0 unspecified atom stereocenters. The van der Waals surface area contributed by atoms with E-state index in [1.807, 2.05) is 0 Å². The van der Waals surface area contributed by atoms with Gasteiger partial charge in [0.15, 0.2) is 11.3 Å². The van der Waals surface area contributed by atoms with Crippen molar-refractivity contribution in [1.29, 1.82) is 0 Å². The molecule has 1 aliphatic carbocycles. The fourth-order valence-corrected chi connectivity index (χ4v) is 6.62. The number of hydrogen-bond acceptors (Lipinski definition) is 4. The molecule has 1 heterocycles. The zero-order chi connectivity index (χ0) is 25.2. The van der Waals surface area contributed by atoms with E-state index >= 15 is 4.39 Å². The second-order valence-corrected chi connectivity index (χ2v) is 11.1. The number of aromatic nitrogens is 2. The molecule has 10 heteroatoms. The molecule has 0 radical (unpaired) electrons. The number of benzene rings is 2. The Bertz CT molecular complexity index is 1250. The molecular formula is C25H27Cl2F2N2O3P. The van der Waals surface area contributed by atoms with Crippen molar-refractivity contribution < 1.29 is 22.4 Å². The number of imidazole rings is 1. The van der Waals surface area contributed by atoms with Crippen molar-refractivity contribution in [3.05, 3.63) is 63.9 Å². The lowest BCUT2D eigenvalue weighted by atomic mass is 9.88. The van der Waals surface area contributed by atoms with Crippen LogP contribution in [0.1, 0.15) is 57.7 Å². The summed E-state index contributed by atoms with van der Waals surface area (Å²) in [5, 5.41) is -0.192. The Morgan fingerprint density at radius 2 is 1.71 bits per heavy atom. The minimum atomic E-state index is -3.93. The Labute approximate surface area is 213 Å². The van der Waals surface area contributed by atoms with Gasteiger partial charge in [-0.3, -0.25) is 9.13 Å². The Balaban J connectivity index is 2.11. The molecule has 4 rings (SSSR count). The van der Waals surface area contributed by atoms with Crippen molar-refractivity contribution in [2.75, 3.05) is 13.2 Å². The predicted octanol–water partition coefficient (Wildman–Crippen LogP) is 8.06. The first kappa shape index (κ1) is 26.3. The van der Waals surface area contributed by atoms with E-state index in [0.717, 1.165) is 32.1 Å². The first-order valence-electron chi connectivity index (χ1n) is 11.7. The molecule has 188 valence electrons. The van der Waals surface area contributed by atoms with Gasteiger partial charge in [0.25, 0.3) is 0 Å². The van der Waals surface area contributed by atoms with E-state index in [2.05, 4.69) is 0 Å². The van der Waals surface area contributed by atoms with Crippen LogP contribution >= 0.6 is 30.8 Å². The molecule has 1 aliphatic rings. The third kappa shape index (κ3) is 5.21. The summed E-state index contributed by atoms with van der Waals surface area (Å²) in [6.45, 7) is 3.63. The van der Waals surface area contributed by atoms with Crippen LogP contribution in [-0.2, 0) is 13.6 Å². The van der Waals surface area contributed by atoms with Gasteiger partial charge >= 0.3 is 7.60 Å². The van der Waals surface area contributed by atoms with Gasteiger partial charge in [0.2, 0.25) is 0 Å². The van der Waals surface area contributed by atoms with E-state index in [1.165, 1.54) is 24.3 Å². The van der Waals surface area contributed by atoms with E-state index < -0.39 is 19.2 Å². The molecule has 35 heavy (non-hydrogen) atoms. The van der Waals surface area contributed by atoms with Gasteiger partial charge < -0.3 is 9.05 Å². The molecule has 0 atom stereocenters. The molecule has 1 aromatic heterocycles. The maximum absolute atomic E-state index is 15.5. The van der Waals surface area contributed by atoms with Crippen molar-refractivity contribution in [2.24, 2.45) is 0 Å². The minimum Gasteiger partial charge on any atom is -0.304 e. The topological polar surface area (TPSA) is 53.4 Å². The zero-order valence-corrected chi connectivity index (χ0v) is 22.0. The van der Waals surface area contributed by atoms with Gasteiger partial charge in [0.1, 0.15) is 11.6 Å². The third-order valence-corrected chi connectivity index (χ3v) is 8.69. The van der Waals surface area contributed by atoms with Gasteiger partial charge in [-0.25, -0.2) is 13.8 Å². The average molecular weight is 543 g/mol. The van der Waals surface area contributed by atoms with Gasteiger partial charge in [-0.2, -0.15) is 0 Å². The summed E-state index contributed by atoms with van der Waals surface area (Å²) in [6.07, 6.45) is 4.78. The van der Waals surface area contributed by atoms with Crippen LogP contribution in [0.4, 0.5) is 8.78 Å². The lowest BCUT2D eigenvalue weighted by Gasteiger charge is -2.23. The van der Waals surface area contributed by atoms with Gasteiger partial charge in [-0.1, -0.05) is 48.5 Å². The lowest BCUT2D eigenvalue weighted by molar-refractivity contribution is 0.229. The molecular weight excluding hydrogens is 516 g/mol. The number of halogens is 4. The first-order chi connectivity index (χ1) is 16.8. The zero-order valence-electron chi connectivity index (χ0n) is 19.6. The summed E-state index contributed by atoms with van der Waals surface area (Å²) in [5.41, 5.74) is 0.870. The summed E-state index contributed by atoms with van der Waals surface area (Å²) >= 11 is 12.3. The molecule has 5 nitrogen and oxygen atoms in total. The maximum Gasteiger partial charge on any atom is 0.381 e. The first-order valence-corrected chi connectivity index (χ1v) is 14.0. The van der Waals surface area contributed by atoms with Crippen molar-refractivity contribution in [1.82, 2.24) is 9.55 Å². The van der Waals surface area contributed by atoms with Crippen LogP contribution in [0.3, 0.4) is 0 Å². The van der Waals surface area contributed by atoms with E-state index in [1.54, 1.807) is 30.5 Å². The number of hydrogen-bond donors (Lipinski definition) is 0. The Morgan fingerprint density at radius 3 is 2.34 bits per heavy atom. The molecule has 1 fully saturated rings. The highest BCUT2D eigenvalue weighted by molar-refractivity contribution is 7.62. The van der Waals surface area contributed by atoms with Gasteiger partial charge in [-0.05, 0) is 57.0 Å². The molecule has 0 spiro atoms. The SMILES string of the molecule is CCOP(=O)(OCC)c1nc(C2CCCCC2)n(-c2cccc(Cl)c2F)c1-c1ccc(F)c(Cl)c1. The van der Waals surface area contributed by atoms with Crippen molar-refractivity contribution in [3.63, 3.8) is 0 Å². The smallest absolute Gasteiger partial charge is 0.304 e. The second kappa shape index (κ2) is 11.1. The minimum absolute atomic E-state index is 0.0118. The number of nitrogens with zero attached hydrogens (tertiary/aromatic N) is 2. The van der Waals surface area contributed by atoms with Crippen LogP contribution in [0.25, 0.3) is 16.9 Å². The fourth-order valence-electron chi connectivity index (χ4n) is 4.56. The van der Waals surface area contributed by atoms with Crippen molar-refractivity contribution in [2.45, 2.75) is 51.9 Å². The van der Waals surface area contributed by atoms with Crippen LogP contribution < -0.4 is 5.44 Å². The second-order valence-electron chi connectivity index (χ2n) is 8.35. The third-order valence-electron chi connectivity index (χ3n) is 6.08. The monoisotopic (exact) mass is 542 g/mol. The van der Waals surface area contributed by atoms with Gasteiger partial charge in [0, 0.05) is 11.5 Å². The Hall–Kier alpha value is -1.76. The number of rotatable bonds is 8. The van der Waals surface area contributed by atoms with Crippen LogP contribution in [0, 0.1) is 11.6 Å². The molecule has 0 amide bonds. The summed E-state index contributed by atoms with van der Waals surface area (Å²) in [4.78, 5) is 4.82. The van der Waals surface area contributed by atoms with Crippen molar-refractivity contribution >= 4 is 36.2 Å².